The van der Waals surface area contributed by atoms with E-state index in [1.165, 1.54) is 0 Å². The molecule has 0 aliphatic rings. The van der Waals surface area contributed by atoms with Crippen molar-refractivity contribution in [3.05, 3.63) is 40.8 Å². The van der Waals surface area contributed by atoms with Gasteiger partial charge < -0.3 is 9.73 Å². The highest BCUT2D eigenvalue weighted by Crippen LogP contribution is 2.13. The van der Waals surface area contributed by atoms with E-state index in [2.05, 4.69) is 5.32 Å². The molecule has 0 atom stereocenters. The van der Waals surface area contributed by atoms with Gasteiger partial charge in [-0.3, -0.25) is 0 Å². The Morgan fingerprint density at radius 2 is 2.08 bits per heavy atom. The Morgan fingerprint density at radius 3 is 2.85 bits per heavy atom. The summed E-state index contributed by atoms with van der Waals surface area (Å²) in [5.41, 5.74) is -0.303. The van der Waals surface area contributed by atoms with Gasteiger partial charge in [0.1, 0.15) is 0 Å². The molecule has 0 radical (unpaired) electrons. The lowest BCUT2D eigenvalue weighted by Gasteiger charge is -1.99. The molecule has 2 aromatic rings. The average Bonchev–Trinajstić information content (AvgIpc) is 2.18. The molecular formula is C10H9NO2. The molecule has 1 aromatic heterocycles. The van der Waals surface area contributed by atoms with Crippen LogP contribution in [0, 0.1) is 0 Å². The van der Waals surface area contributed by atoms with Crippen molar-refractivity contribution in [1.82, 2.24) is 0 Å². The van der Waals surface area contributed by atoms with Crippen LogP contribution in [0.15, 0.2) is 39.5 Å². The van der Waals surface area contributed by atoms with E-state index in [0.717, 1.165) is 5.39 Å². The summed E-state index contributed by atoms with van der Waals surface area (Å²) in [6.45, 7) is 0. The number of rotatable bonds is 1. The topological polar surface area (TPSA) is 42.2 Å². The third-order valence-corrected chi connectivity index (χ3v) is 1.92. The third-order valence-electron chi connectivity index (χ3n) is 1.92. The number of anilines is 1. The molecule has 1 aromatic carbocycles. The monoisotopic (exact) mass is 175 g/mol. The van der Waals surface area contributed by atoms with Gasteiger partial charge in [0.05, 0.1) is 5.39 Å². The smallest absolute Gasteiger partial charge is 0.345 e. The van der Waals surface area contributed by atoms with Crippen LogP contribution in [0.2, 0.25) is 0 Å². The van der Waals surface area contributed by atoms with Gasteiger partial charge in [0, 0.05) is 13.1 Å². The molecule has 1 heterocycles. The molecular weight excluding hydrogens is 166 g/mol. The van der Waals surface area contributed by atoms with Crippen molar-refractivity contribution in [2.24, 2.45) is 0 Å². The Bertz CT molecular complexity index is 487. The van der Waals surface area contributed by atoms with Crippen LogP contribution < -0.4 is 10.9 Å². The third kappa shape index (κ3) is 1.28. The molecule has 0 bridgehead atoms. The van der Waals surface area contributed by atoms with Gasteiger partial charge in [0.25, 0.3) is 0 Å². The van der Waals surface area contributed by atoms with E-state index in [9.17, 15) is 4.79 Å². The standard InChI is InChI=1S/C10H9NO2/c1-11-9-6-7-4-2-3-5-8(7)10(12)13-9/h2-6,11H,1H3. The second kappa shape index (κ2) is 2.94. The summed E-state index contributed by atoms with van der Waals surface area (Å²) < 4.78 is 4.97. The van der Waals surface area contributed by atoms with Crippen LogP contribution in [0.3, 0.4) is 0 Å². The molecule has 66 valence electrons. The van der Waals surface area contributed by atoms with E-state index in [1.54, 1.807) is 19.2 Å². The molecule has 0 saturated carbocycles. The van der Waals surface area contributed by atoms with Crippen LogP contribution in [0.25, 0.3) is 10.8 Å². The minimum Gasteiger partial charge on any atom is -0.406 e. The SMILES string of the molecule is CNc1cc2ccccc2c(=O)o1. The molecule has 3 heteroatoms. The summed E-state index contributed by atoms with van der Waals surface area (Å²) in [6.07, 6.45) is 0. The Balaban J connectivity index is 2.85. The maximum Gasteiger partial charge on any atom is 0.345 e. The van der Waals surface area contributed by atoms with Gasteiger partial charge in [-0.05, 0) is 11.5 Å². The van der Waals surface area contributed by atoms with Gasteiger partial charge in [-0.25, -0.2) is 4.79 Å². The maximum atomic E-state index is 11.4. The van der Waals surface area contributed by atoms with Crippen LogP contribution in [0.4, 0.5) is 5.88 Å². The van der Waals surface area contributed by atoms with Crippen molar-refractivity contribution in [1.29, 1.82) is 0 Å². The van der Waals surface area contributed by atoms with Crippen molar-refractivity contribution in [3.63, 3.8) is 0 Å². The molecule has 0 aliphatic heterocycles. The fraction of sp³-hybridized carbons (Fsp3) is 0.100. The van der Waals surface area contributed by atoms with Crippen molar-refractivity contribution < 1.29 is 4.42 Å². The molecule has 0 unspecified atom stereocenters. The average molecular weight is 175 g/mol. The quantitative estimate of drug-likeness (QED) is 0.719. The minimum atomic E-state index is -0.303. The lowest BCUT2D eigenvalue weighted by Crippen LogP contribution is -2.01. The van der Waals surface area contributed by atoms with Gasteiger partial charge >= 0.3 is 5.63 Å². The highest BCUT2D eigenvalue weighted by atomic mass is 16.4. The highest BCUT2D eigenvalue weighted by Gasteiger charge is 2.00. The second-order valence-electron chi connectivity index (χ2n) is 2.74. The largest absolute Gasteiger partial charge is 0.406 e. The van der Waals surface area contributed by atoms with Crippen LogP contribution in [-0.2, 0) is 0 Å². The summed E-state index contributed by atoms with van der Waals surface area (Å²) in [4.78, 5) is 11.4. The molecule has 3 nitrogen and oxygen atoms in total. The van der Waals surface area contributed by atoms with Gasteiger partial charge in [-0.1, -0.05) is 18.2 Å². The summed E-state index contributed by atoms with van der Waals surface area (Å²) in [6, 6.07) is 9.14. The molecule has 1 N–H and O–H groups in total. The van der Waals surface area contributed by atoms with Crippen molar-refractivity contribution in [3.8, 4) is 0 Å². The number of fused-ring (bicyclic) bond motifs is 1. The molecule has 0 saturated heterocycles. The summed E-state index contributed by atoms with van der Waals surface area (Å²) in [5.74, 6) is 0.490. The molecule has 0 fully saturated rings. The Kier molecular flexibility index (Phi) is 1.77. The van der Waals surface area contributed by atoms with E-state index in [0.29, 0.717) is 11.3 Å². The van der Waals surface area contributed by atoms with E-state index < -0.39 is 0 Å². The first-order valence-corrected chi connectivity index (χ1v) is 4.02. The van der Waals surface area contributed by atoms with Crippen molar-refractivity contribution in [2.75, 3.05) is 12.4 Å². The Hall–Kier alpha value is -1.77. The number of hydrogen-bond donors (Lipinski definition) is 1. The summed E-state index contributed by atoms with van der Waals surface area (Å²) in [7, 11) is 1.72. The van der Waals surface area contributed by atoms with E-state index in [4.69, 9.17) is 4.42 Å². The highest BCUT2D eigenvalue weighted by molar-refractivity contribution is 5.82. The lowest BCUT2D eigenvalue weighted by molar-refractivity contribution is 0.536. The fourth-order valence-electron chi connectivity index (χ4n) is 1.26. The Labute approximate surface area is 75.0 Å². The van der Waals surface area contributed by atoms with Crippen LogP contribution in [-0.4, -0.2) is 7.05 Å². The van der Waals surface area contributed by atoms with Gasteiger partial charge in [0.2, 0.25) is 0 Å². The van der Waals surface area contributed by atoms with E-state index >= 15 is 0 Å². The first-order chi connectivity index (χ1) is 6.31. The molecule has 13 heavy (non-hydrogen) atoms. The zero-order valence-corrected chi connectivity index (χ0v) is 7.20. The van der Waals surface area contributed by atoms with Crippen LogP contribution >= 0.6 is 0 Å². The van der Waals surface area contributed by atoms with Crippen molar-refractivity contribution in [2.45, 2.75) is 0 Å². The molecule has 2 rings (SSSR count). The minimum absolute atomic E-state index is 0.303. The predicted octanol–water partition coefficient (Wildman–Crippen LogP) is 1.83. The van der Waals surface area contributed by atoms with Crippen LogP contribution in [0.5, 0.6) is 0 Å². The fourth-order valence-corrected chi connectivity index (χ4v) is 1.26. The molecule has 0 amide bonds. The van der Waals surface area contributed by atoms with Gasteiger partial charge in [-0.2, -0.15) is 0 Å². The van der Waals surface area contributed by atoms with E-state index in [-0.39, 0.29) is 5.63 Å². The zero-order valence-electron chi connectivity index (χ0n) is 7.20. The Morgan fingerprint density at radius 1 is 1.31 bits per heavy atom. The lowest BCUT2D eigenvalue weighted by atomic mass is 10.2. The molecule has 0 aliphatic carbocycles. The second-order valence-corrected chi connectivity index (χ2v) is 2.74. The first-order valence-electron chi connectivity index (χ1n) is 4.02. The van der Waals surface area contributed by atoms with Gasteiger partial charge in [-0.15, -0.1) is 0 Å². The predicted molar refractivity (Wildman–Crippen MR) is 52.0 cm³/mol. The van der Waals surface area contributed by atoms with Crippen molar-refractivity contribution >= 4 is 16.7 Å². The number of hydrogen-bond acceptors (Lipinski definition) is 3. The molecule has 0 spiro atoms. The normalized spacial score (nSPS) is 10.2. The first kappa shape index (κ1) is 7.86. The number of nitrogens with one attached hydrogen (secondary N) is 1. The summed E-state index contributed by atoms with van der Waals surface area (Å²) in [5, 5.41) is 4.30. The maximum absolute atomic E-state index is 11.4. The zero-order chi connectivity index (χ0) is 9.26. The van der Waals surface area contributed by atoms with Gasteiger partial charge in [0.15, 0.2) is 5.88 Å². The van der Waals surface area contributed by atoms with E-state index in [1.807, 2.05) is 18.2 Å². The van der Waals surface area contributed by atoms with Crippen LogP contribution in [0.1, 0.15) is 0 Å². The number of benzene rings is 1. The summed E-state index contributed by atoms with van der Waals surface area (Å²) >= 11 is 0.